The first-order valence-corrected chi connectivity index (χ1v) is 11.0. The van der Waals surface area contributed by atoms with E-state index in [9.17, 15) is 27.6 Å². The maximum absolute atomic E-state index is 12.9. The molecule has 0 bridgehead atoms. The molecule has 1 atom stereocenters. The van der Waals surface area contributed by atoms with Crippen LogP contribution in [0.2, 0.25) is 0 Å². The highest BCUT2D eigenvalue weighted by Crippen LogP contribution is 2.25. The minimum absolute atomic E-state index is 0.0210. The van der Waals surface area contributed by atoms with Crippen LogP contribution in [0.25, 0.3) is 0 Å². The fraction of sp³-hybridized carbons (Fsp3) is 0.375. The summed E-state index contributed by atoms with van der Waals surface area (Å²) in [5, 5.41) is 5.44. The van der Waals surface area contributed by atoms with Crippen molar-refractivity contribution in [3.05, 3.63) is 65.5 Å². The number of carbonyl (C=O) groups is 3. The molecule has 0 radical (unpaired) electrons. The first-order valence-electron chi connectivity index (χ1n) is 11.0. The largest absolute Gasteiger partial charge is 0.434 e. The van der Waals surface area contributed by atoms with E-state index < -0.39 is 18.4 Å². The van der Waals surface area contributed by atoms with Crippen LogP contribution in [0.3, 0.4) is 0 Å². The molecule has 34 heavy (non-hydrogen) atoms. The van der Waals surface area contributed by atoms with Crippen LogP contribution < -0.4 is 15.4 Å². The van der Waals surface area contributed by atoms with E-state index >= 15 is 0 Å². The maximum Gasteiger partial charge on any atom is 0.387 e. The Kier molecular flexibility index (Phi) is 8.89. The van der Waals surface area contributed by atoms with Crippen molar-refractivity contribution in [2.45, 2.75) is 25.9 Å². The highest BCUT2D eigenvalue weighted by Gasteiger charge is 2.30. The number of carbonyl (C=O) groups excluding carboxylic acids is 3. The molecule has 3 amide bonds. The van der Waals surface area contributed by atoms with Crippen LogP contribution in [0, 0.1) is 11.7 Å². The van der Waals surface area contributed by atoms with E-state index in [2.05, 4.69) is 15.4 Å². The Labute approximate surface area is 195 Å². The lowest BCUT2D eigenvalue weighted by Crippen LogP contribution is -2.46. The molecule has 2 aromatic rings. The predicted octanol–water partition coefficient (Wildman–Crippen LogP) is 2.75. The van der Waals surface area contributed by atoms with E-state index in [-0.39, 0.29) is 55.0 Å². The molecule has 0 aromatic heterocycles. The third kappa shape index (κ3) is 7.23. The molecule has 2 N–H and O–H groups in total. The summed E-state index contributed by atoms with van der Waals surface area (Å²) in [5.74, 6) is -1.99. The second-order valence-corrected chi connectivity index (χ2v) is 7.91. The van der Waals surface area contributed by atoms with Crippen LogP contribution in [0.5, 0.6) is 5.75 Å². The first kappa shape index (κ1) is 25.1. The van der Waals surface area contributed by atoms with Crippen LogP contribution in [-0.2, 0) is 16.0 Å². The number of ether oxygens (including phenoxy) is 1. The van der Waals surface area contributed by atoms with Gasteiger partial charge in [-0.15, -0.1) is 0 Å². The molecule has 1 unspecified atom stereocenters. The zero-order chi connectivity index (χ0) is 24.5. The predicted molar refractivity (Wildman–Crippen MR) is 118 cm³/mol. The topological polar surface area (TPSA) is 87.7 Å². The van der Waals surface area contributed by atoms with Gasteiger partial charge < -0.3 is 20.3 Å². The van der Waals surface area contributed by atoms with Crippen LogP contribution in [-0.4, -0.2) is 55.4 Å². The summed E-state index contributed by atoms with van der Waals surface area (Å²) in [6.07, 6.45) is 1.28. The molecule has 3 rings (SSSR count). The summed E-state index contributed by atoms with van der Waals surface area (Å²) in [4.78, 5) is 38.9. The van der Waals surface area contributed by atoms with Gasteiger partial charge in [0.2, 0.25) is 11.8 Å². The van der Waals surface area contributed by atoms with Gasteiger partial charge in [-0.1, -0.05) is 24.3 Å². The maximum atomic E-state index is 12.9. The average molecular weight is 477 g/mol. The third-order valence-corrected chi connectivity index (χ3v) is 5.44. The number of para-hydroxylation sites is 1. The van der Waals surface area contributed by atoms with Crippen LogP contribution in [0.15, 0.2) is 48.5 Å². The van der Waals surface area contributed by atoms with Crippen molar-refractivity contribution in [1.82, 2.24) is 15.5 Å². The molecular formula is C24H26F3N3O4. The molecular weight excluding hydrogens is 451 g/mol. The number of rotatable bonds is 9. The molecule has 1 aliphatic rings. The molecule has 7 nitrogen and oxygen atoms in total. The fourth-order valence-corrected chi connectivity index (χ4v) is 3.77. The second-order valence-electron chi connectivity index (χ2n) is 7.91. The molecule has 1 saturated heterocycles. The first-order chi connectivity index (χ1) is 16.3. The normalized spacial score (nSPS) is 15.6. The van der Waals surface area contributed by atoms with Gasteiger partial charge in [0.15, 0.2) is 0 Å². The molecule has 2 aromatic carbocycles. The number of alkyl halides is 2. The lowest BCUT2D eigenvalue weighted by Gasteiger charge is -2.32. The number of benzene rings is 2. The number of nitrogens with zero attached hydrogens (tertiary/aromatic N) is 1. The zero-order valence-electron chi connectivity index (χ0n) is 18.4. The van der Waals surface area contributed by atoms with Gasteiger partial charge in [0.1, 0.15) is 11.6 Å². The molecule has 0 aliphatic carbocycles. The molecule has 0 saturated carbocycles. The lowest BCUT2D eigenvalue weighted by molar-refractivity contribution is -0.126. The standard InChI is InChI=1S/C24H26F3N3O4/c25-18-9-7-16(8-10-18)14-21(31)28-11-12-29-22(32)17-4-3-13-30(15-17)23(33)19-5-1-2-6-20(19)34-24(26)27/h1-2,5-10,17,24H,3-4,11-15H2,(H,28,31)(H,29,32). The lowest BCUT2D eigenvalue weighted by atomic mass is 9.96. The number of piperidine rings is 1. The van der Waals surface area contributed by atoms with Gasteiger partial charge in [-0.2, -0.15) is 8.78 Å². The van der Waals surface area contributed by atoms with Gasteiger partial charge in [0.25, 0.3) is 5.91 Å². The fourth-order valence-electron chi connectivity index (χ4n) is 3.77. The average Bonchev–Trinajstić information content (AvgIpc) is 2.83. The molecule has 182 valence electrons. The van der Waals surface area contributed by atoms with Crippen molar-refractivity contribution in [2.75, 3.05) is 26.2 Å². The summed E-state index contributed by atoms with van der Waals surface area (Å²) in [7, 11) is 0. The molecule has 1 fully saturated rings. The van der Waals surface area contributed by atoms with E-state index in [1.165, 1.54) is 47.4 Å². The van der Waals surface area contributed by atoms with Gasteiger partial charge >= 0.3 is 6.61 Å². The van der Waals surface area contributed by atoms with E-state index in [4.69, 9.17) is 0 Å². The Morgan fingerprint density at radius 2 is 1.74 bits per heavy atom. The van der Waals surface area contributed by atoms with Gasteiger partial charge in [0.05, 0.1) is 17.9 Å². The summed E-state index contributed by atoms with van der Waals surface area (Å²) in [6, 6.07) is 11.4. The minimum Gasteiger partial charge on any atom is -0.434 e. The van der Waals surface area contributed by atoms with Crippen LogP contribution >= 0.6 is 0 Å². The van der Waals surface area contributed by atoms with Crippen molar-refractivity contribution >= 4 is 17.7 Å². The van der Waals surface area contributed by atoms with E-state index in [1.807, 2.05) is 0 Å². The van der Waals surface area contributed by atoms with Gasteiger partial charge in [0, 0.05) is 26.2 Å². The van der Waals surface area contributed by atoms with E-state index in [0.29, 0.717) is 24.9 Å². The molecule has 1 heterocycles. The number of halogens is 3. The molecule has 10 heteroatoms. The minimum atomic E-state index is -3.05. The number of hydrogen-bond acceptors (Lipinski definition) is 4. The van der Waals surface area contributed by atoms with Gasteiger partial charge in [-0.05, 0) is 42.7 Å². The molecule has 1 aliphatic heterocycles. The Morgan fingerprint density at radius 1 is 1.03 bits per heavy atom. The Morgan fingerprint density at radius 3 is 2.47 bits per heavy atom. The number of hydrogen-bond donors (Lipinski definition) is 2. The summed E-state index contributed by atoms with van der Waals surface area (Å²) >= 11 is 0. The summed E-state index contributed by atoms with van der Waals surface area (Å²) in [5.41, 5.74) is 0.697. The van der Waals surface area contributed by atoms with Crippen molar-refractivity contribution in [3.63, 3.8) is 0 Å². The van der Waals surface area contributed by atoms with Gasteiger partial charge in [-0.25, -0.2) is 4.39 Å². The van der Waals surface area contributed by atoms with Gasteiger partial charge in [-0.3, -0.25) is 14.4 Å². The third-order valence-electron chi connectivity index (χ3n) is 5.44. The van der Waals surface area contributed by atoms with Crippen LogP contribution in [0.4, 0.5) is 13.2 Å². The Balaban J connectivity index is 1.45. The number of likely N-dealkylation sites (tertiary alicyclic amines) is 1. The van der Waals surface area contributed by atoms with E-state index in [1.54, 1.807) is 6.07 Å². The summed E-state index contributed by atoms with van der Waals surface area (Å²) < 4.78 is 42.7. The quantitative estimate of drug-likeness (QED) is 0.544. The highest BCUT2D eigenvalue weighted by atomic mass is 19.3. The smallest absolute Gasteiger partial charge is 0.387 e. The number of nitrogens with one attached hydrogen (secondary N) is 2. The SMILES string of the molecule is O=C(Cc1ccc(F)cc1)NCCNC(=O)C1CCCN(C(=O)c2ccccc2OC(F)F)C1. The van der Waals surface area contributed by atoms with Crippen molar-refractivity contribution in [1.29, 1.82) is 0 Å². The second kappa shape index (κ2) is 12.1. The van der Waals surface area contributed by atoms with Crippen molar-refractivity contribution in [3.8, 4) is 5.75 Å². The Bertz CT molecular complexity index is 1000. The molecule has 0 spiro atoms. The summed E-state index contributed by atoms with van der Waals surface area (Å²) in [6.45, 7) is -2.05. The number of amides is 3. The monoisotopic (exact) mass is 477 g/mol. The van der Waals surface area contributed by atoms with Crippen molar-refractivity contribution in [2.24, 2.45) is 5.92 Å². The van der Waals surface area contributed by atoms with E-state index in [0.717, 1.165) is 0 Å². The van der Waals surface area contributed by atoms with Crippen molar-refractivity contribution < 1.29 is 32.3 Å². The highest BCUT2D eigenvalue weighted by molar-refractivity contribution is 5.97. The Hall–Kier alpha value is -3.56. The zero-order valence-corrected chi connectivity index (χ0v) is 18.4. The van der Waals surface area contributed by atoms with Crippen LogP contribution in [0.1, 0.15) is 28.8 Å².